The Bertz CT molecular complexity index is 774. The molecule has 3 rings (SSSR count). The lowest BCUT2D eigenvalue weighted by Crippen LogP contribution is -1.87. The summed E-state index contributed by atoms with van der Waals surface area (Å²) >= 11 is 0. The summed E-state index contributed by atoms with van der Waals surface area (Å²) in [5.41, 5.74) is 4.51. The number of aryl methyl sites for hydroxylation is 1. The number of hydrogen-bond donors (Lipinski definition) is 0. The number of hydrogen-bond acceptors (Lipinski definition) is 1. The summed E-state index contributed by atoms with van der Waals surface area (Å²) in [7, 11) is 1.63. The molecule has 0 saturated heterocycles. The molecule has 0 radical (unpaired) electrons. The van der Waals surface area contributed by atoms with E-state index < -0.39 is 0 Å². The summed E-state index contributed by atoms with van der Waals surface area (Å²) in [4.78, 5) is 0. The first kappa shape index (κ1) is 14.3. The normalized spacial score (nSPS) is 10.5. The van der Waals surface area contributed by atoms with Gasteiger partial charge in [0.1, 0.15) is 11.6 Å². The molecule has 0 bridgehead atoms. The standard InChI is InChI=1S/C20H17FO/c1-14-3-5-16(6-4-14)19-12-9-17(13-20(19)21)15-7-10-18(22-2)11-8-15/h3-13H,1-2H3. The van der Waals surface area contributed by atoms with Gasteiger partial charge >= 0.3 is 0 Å². The number of halogens is 1. The monoisotopic (exact) mass is 292 g/mol. The second kappa shape index (κ2) is 6.02. The predicted molar refractivity (Wildman–Crippen MR) is 88.6 cm³/mol. The minimum Gasteiger partial charge on any atom is -0.497 e. The third-order valence-corrected chi connectivity index (χ3v) is 3.76. The SMILES string of the molecule is COc1ccc(-c2ccc(-c3ccc(C)cc3)c(F)c2)cc1. The number of benzene rings is 3. The molecule has 0 fully saturated rings. The van der Waals surface area contributed by atoms with E-state index in [0.717, 1.165) is 22.4 Å². The Kier molecular flexibility index (Phi) is 3.92. The van der Waals surface area contributed by atoms with Crippen LogP contribution in [0.5, 0.6) is 5.75 Å². The van der Waals surface area contributed by atoms with E-state index in [1.165, 1.54) is 5.56 Å². The average Bonchev–Trinajstić information content (AvgIpc) is 2.56. The fourth-order valence-electron chi connectivity index (χ4n) is 2.45. The van der Waals surface area contributed by atoms with Crippen molar-refractivity contribution < 1.29 is 9.13 Å². The van der Waals surface area contributed by atoms with Gasteiger partial charge in [-0.05, 0) is 41.8 Å². The van der Waals surface area contributed by atoms with Crippen molar-refractivity contribution in [2.75, 3.05) is 7.11 Å². The second-order valence-electron chi connectivity index (χ2n) is 5.29. The van der Waals surface area contributed by atoms with Gasteiger partial charge in [-0.2, -0.15) is 0 Å². The van der Waals surface area contributed by atoms with Crippen molar-refractivity contribution >= 4 is 0 Å². The summed E-state index contributed by atoms with van der Waals surface area (Å²) in [6, 6.07) is 20.8. The molecule has 0 aromatic heterocycles. The van der Waals surface area contributed by atoms with Crippen molar-refractivity contribution in [3.05, 3.63) is 78.1 Å². The average molecular weight is 292 g/mol. The van der Waals surface area contributed by atoms with Gasteiger partial charge in [0.25, 0.3) is 0 Å². The van der Waals surface area contributed by atoms with Gasteiger partial charge in [-0.15, -0.1) is 0 Å². The van der Waals surface area contributed by atoms with E-state index in [2.05, 4.69) is 0 Å². The molecule has 0 saturated carbocycles. The molecule has 0 amide bonds. The molecule has 1 nitrogen and oxygen atoms in total. The van der Waals surface area contributed by atoms with Gasteiger partial charge in [0, 0.05) is 5.56 Å². The van der Waals surface area contributed by atoms with Crippen LogP contribution in [0.4, 0.5) is 4.39 Å². The molecule has 3 aromatic carbocycles. The highest BCUT2D eigenvalue weighted by molar-refractivity contribution is 5.71. The quantitative estimate of drug-likeness (QED) is 0.621. The zero-order valence-electron chi connectivity index (χ0n) is 12.6. The van der Waals surface area contributed by atoms with Crippen molar-refractivity contribution in [3.8, 4) is 28.0 Å². The molecular formula is C20H17FO. The minimum absolute atomic E-state index is 0.211. The van der Waals surface area contributed by atoms with Crippen molar-refractivity contribution in [1.29, 1.82) is 0 Å². The summed E-state index contributed by atoms with van der Waals surface area (Å²) in [5, 5.41) is 0. The molecule has 0 aliphatic carbocycles. The number of methoxy groups -OCH3 is 1. The molecule has 0 spiro atoms. The Balaban J connectivity index is 1.96. The highest BCUT2D eigenvalue weighted by Crippen LogP contribution is 2.29. The molecule has 0 heterocycles. The van der Waals surface area contributed by atoms with E-state index in [4.69, 9.17) is 4.74 Å². The second-order valence-corrected chi connectivity index (χ2v) is 5.29. The smallest absolute Gasteiger partial charge is 0.131 e. The molecule has 110 valence electrons. The fourth-order valence-corrected chi connectivity index (χ4v) is 2.45. The van der Waals surface area contributed by atoms with Gasteiger partial charge in [0.15, 0.2) is 0 Å². The van der Waals surface area contributed by atoms with Crippen LogP contribution in [-0.4, -0.2) is 7.11 Å². The highest BCUT2D eigenvalue weighted by atomic mass is 19.1. The highest BCUT2D eigenvalue weighted by Gasteiger charge is 2.07. The van der Waals surface area contributed by atoms with Crippen LogP contribution >= 0.6 is 0 Å². The lowest BCUT2D eigenvalue weighted by molar-refractivity contribution is 0.415. The number of ether oxygens (including phenoxy) is 1. The molecule has 0 unspecified atom stereocenters. The fraction of sp³-hybridized carbons (Fsp3) is 0.100. The van der Waals surface area contributed by atoms with Gasteiger partial charge in [-0.25, -0.2) is 4.39 Å². The maximum Gasteiger partial charge on any atom is 0.131 e. The minimum atomic E-state index is -0.211. The Labute approximate surface area is 130 Å². The maximum absolute atomic E-state index is 14.4. The van der Waals surface area contributed by atoms with Gasteiger partial charge in [-0.3, -0.25) is 0 Å². The Morgan fingerprint density at radius 3 is 1.91 bits per heavy atom. The van der Waals surface area contributed by atoms with Crippen LogP contribution in [0.2, 0.25) is 0 Å². The topological polar surface area (TPSA) is 9.23 Å². The van der Waals surface area contributed by atoms with Gasteiger partial charge < -0.3 is 4.74 Å². The van der Waals surface area contributed by atoms with E-state index in [1.54, 1.807) is 13.2 Å². The van der Waals surface area contributed by atoms with E-state index in [1.807, 2.05) is 67.6 Å². The van der Waals surface area contributed by atoms with Crippen LogP contribution < -0.4 is 4.74 Å². The molecule has 0 atom stereocenters. The summed E-state index contributed by atoms with van der Waals surface area (Å²) in [6.07, 6.45) is 0. The lowest BCUT2D eigenvalue weighted by Gasteiger charge is -2.08. The Hall–Kier alpha value is -2.61. The van der Waals surface area contributed by atoms with Crippen LogP contribution in [0.1, 0.15) is 5.56 Å². The molecule has 22 heavy (non-hydrogen) atoms. The van der Waals surface area contributed by atoms with Crippen molar-refractivity contribution in [2.45, 2.75) is 6.92 Å². The molecule has 0 aliphatic rings. The van der Waals surface area contributed by atoms with Gasteiger partial charge in [0.05, 0.1) is 7.11 Å². The molecular weight excluding hydrogens is 275 g/mol. The molecule has 2 heteroatoms. The van der Waals surface area contributed by atoms with Crippen LogP contribution in [-0.2, 0) is 0 Å². The zero-order chi connectivity index (χ0) is 15.5. The van der Waals surface area contributed by atoms with E-state index in [9.17, 15) is 4.39 Å². The predicted octanol–water partition coefficient (Wildman–Crippen LogP) is 5.48. The van der Waals surface area contributed by atoms with Crippen LogP contribution in [0.15, 0.2) is 66.7 Å². The first-order valence-electron chi connectivity index (χ1n) is 7.18. The Morgan fingerprint density at radius 1 is 0.727 bits per heavy atom. The largest absolute Gasteiger partial charge is 0.497 e. The Morgan fingerprint density at radius 2 is 1.32 bits per heavy atom. The zero-order valence-corrected chi connectivity index (χ0v) is 12.6. The third kappa shape index (κ3) is 2.86. The van der Waals surface area contributed by atoms with Crippen molar-refractivity contribution in [1.82, 2.24) is 0 Å². The first-order chi connectivity index (χ1) is 10.7. The molecule has 3 aromatic rings. The third-order valence-electron chi connectivity index (χ3n) is 3.76. The van der Waals surface area contributed by atoms with E-state index >= 15 is 0 Å². The van der Waals surface area contributed by atoms with Crippen LogP contribution in [0, 0.1) is 12.7 Å². The molecule has 0 N–H and O–H groups in total. The maximum atomic E-state index is 14.4. The summed E-state index contributed by atoms with van der Waals surface area (Å²) in [5.74, 6) is 0.581. The first-order valence-corrected chi connectivity index (χ1v) is 7.18. The summed E-state index contributed by atoms with van der Waals surface area (Å²) < 4.78 is 19.6. The lowest BCUT2D eigenvalue weighted by atomic mass is 9.99. The molecule has 0 aliphatic heterocycles. The van der Waals surface area contributed by atoms with E-state index in [-0.39, 0.29) is 5.82 Å². The number of rotatable bonds is 3. The van der Waals surface area contributed by atoms with Gasteiger partial charge in [0.2, 0.25) is 0 Å². The van der Waals surface area contributed by atoms with Crippen molar-refractivity contribution in [3.63, 3.8) is 0 Å². The van der Waals surface area contributed by atoms with Crippen LogP contribution in [0.25, 0.3) is 22.3 Å². The van der Waals surface area contributed by atoms with Gasteiger partial charge in [-0.1, -0.05) is 54.1 Å². The summed E-state index contributed by atoms with van der Waals surface area (Å²) in [6.45, 7) is 2.02. The van der Waals surface area contributed by atoms with E-state index in [0.29, 0.717) is 5.56 Å². The van der Waals surface area contributed by atoms with Crippen molar-refractivity contribution in [2.24, 2.45) is 0 Å². The van der Waals surface area contributed by atoms with Crippen LogP contribution in [0.3, 0.4) is 0 Å².